The summed E-state index contributed by atoms with van der Waals surface area (Å²) in [5, 5.41) is 3.69. The van der Waals surface area contributed by atoms with Gasteiger partial charge < -0.3 is 5.32 Å². The molecule has 1 N–H and O–H groups in total. The van der Waals surface area contributed by atoms with Gasteiger partial charge in [0.1, 0.15) is 5.82 Å². The highest BCUT2D eigenvalue weighted by Gasteiger charge is 2.26. The molecule has 0 unspecified atom stereocenters. The first kappa shape index (κ1) is 17.9. The van der Waals surface area contributed by atoms with Crippen LogP contribution in [0.15, 0.2) is 42.5 Å². The van der Waals surface area contributed by atoms with E-state index in [0.717, 1.165) is 49.3 Å². The lowest BCUT2D eigenvalue weighted by molar-refractivity contribution is -0.121. The zero-order valence-corrected chi connectivity index (χ0v) is 15.0. The molecule has 0 spiro atoms. The Morgan fingerprint density at radius 2 is 2.04 bits per heavy atom. The van der Waals surface area contributed by atoms with Crippen molar-refractivity contribution in [1.82, 2.24) is 4.90 Å². The van der Waals surface area contributed by atoms with Crippen molar-refractivity contribution >= 4 is 23.2 Å². The molecule has 1 aliphatic heterocycles. The van der Waals surface area contributed by atoms with Gasteiger partial charge in [0, 0.05) is 23.8 Å². The van der Waals surface area contributed by atoms with Crippen LogP contribution in [0, 0.1) is 18.7 Å². The Kier molecular flexibility index (Phi) is 5.71. The molecule has 5 heteroatoms. The number of carbonyl (C=O) groups is 1. The van der Waals surface area contributed by atoms with Crippen LogP contribution in [0.1, 0.15) is 24.0 Å². The van der Waals surface area contributed by atoms with E-state index in [4.69, 9.17) is 11.6 Å². The Hall–Kier alpha value is -1.91. The Bertz CT molecular complexity index is 748. The standard InChI is InChI=1S/C20H22ClFN2O/c1-14-11-17(21)6-9-19(14)23-20(25)16-3-2-10-24(13-16)12-15-4-7-18(22)8-5-15/h4-9,11,16H,2-3,10,12-13H2,1H3,(H,23,25)/t16-/m1/s1. The summed E-state index contributed by atoms with van der Waals surface area (Å²) in [6, 6.07) is 12.0. The zero-order chi connectivity index (χ0) is 17.8. The maximum Gasteiger partial charge on any atom is 0.228 e. The van der Waals surface area contributed by atoms with Gasteiger partial charge in [-0.3, -0.25) is 9.69 Å². The molecule has 2 aromatic carbocycles. The molecular weight excluding hydrogens is 339 g/mol. The highest BCUT2D eigenvalue weighted by Crippen LogP contribution is 2.23. The van der Waals surface area contributed by atoms with Gasteiger partial charge in [-0.1, -0.05) is 23.7 Å². The Morgan fingerprint density at radius 1 is 1.28 bits per heavy atom. The fourth-order valence-electron chi connectivity index (χ4n) is 3.26. The summed E-state index contributed by atoms with van der Waals surface area (Å²) in [6.07, 6.45) is 1.87. The molecular formula is C20H22ClFN2O. The van der Waals surface area contributed by atoms with E-state index in [0.29, 0.717) is 5.02 Å². The molecule has 1 atom stereocenters. The second-order valence-corrected chi connectivity index (χ2v) is 7.09. The van der Waals surface area contributed by atoms with Gasteiger partial charge in [0.15, 0.2) is 0 Å². The number of nitrogens with one attached hydrogen (secondary N) is 1. The number of amides is 1. The number of aryl methyl sites for hydroxylation is 1. The van der Waals surface area contributed by atoms with Crippen LogP contribution in [0.3, 0.4) is 0 Å². The van der Waals surface area contributed by atoms with E-state index in [1.807, 2.05) is 19.1 Å². The minimum absolute atomic E-state index is 0.0377. The van der Waals surface area contributed by atoms with Crippen molar-refractivity contribution in [2.24, 2.45) is 5.92 Å². The fourth-order valence-corrected chi connectivity index (χ4v) is 3.49. The molecule has 0 saturated carbocycles. The minimum atomic E-state index is -0.224. The van der Waals surface area contributed by atoms with Crippen molar-refractivity contribution in [2.45, 2.75) is 26.3 Å². The number of anilines is 1. The van der Waals surface area contributed by atoms with Crippen molar-refractivity contribution in [3.63, 3.8) is 0 Å². The van der Waals surface area contributed by atoms with Gasteiger partial charge in [-0.15, -0.1) is 0 Å². The van der Waals surface area contributed by atoms with Crippen molar-refractivity contribution in [3.05, 3.63) is 64.4 Å². The van der Waals surface area contributed by atoms with Crippen LogP contribution in [0.25, 0.3) is 0 Å². The van der Waals surface area contributed by atoms with E-state index in [1.54, 1.807) is 18.2 Å². The van der Waals surface area contributed by atoms with E-state index >= 15 is 0 Å². The highest BCUT2D eigenvalue weighted by atomic mass is 35.5. The quantitative estimate of drug-likeness (QED) is 0.861. The summed E-state index contributed by atoms with van der Waals surface area (Å²) in [5.41, 5.74) is 2.83. The maximum absolute atomic E-state index is 13.0. The van der Waals surface area contributed by atoms with Gasteiger partial charge in [0.25, 0.3) is 0 Å². The lowest BCUT2D eigenvalue weighted by Gasteiger charge is -2.32. The van der Waals surface area contributed by atoms with Crippen molar-refractivity contribution in [2.75, 3.05) is 18.4 Å². The summed E-state index contributed by atoms with van der Waals surface area (Å²) in [6.45, 7) is 4.35. The number of hydrogen-bond acceptors (Lipinski definition) is 2. The molecule has 3 rings (SSSR count). The van der Waals surface area contributed by atoms with E-state index in [-0.39, 0.29) is 17.6 Å². The fraction of sp³-hybridized carbons (Fsp3) is 0.350. The third kappa shape index (κ3) is 4.80. The van der Waals surface area contributed by atoms with Gasteiger partial charge in [0.05, 0.1) is 5.92 Å². The first-order chi connectivity index (χ1) is 12.0. The lowest BCUT2D eigenvalue weighted by atomic mass is 9.96. The number of benzene rings is 2. The molecule has 1 amide bonds. The number of halogens is 2. The molecule has 132 valence electrons. The van der Waals surface area contributed by atoms with E-state index in [1.165, 1.54) is 12.1 Å². The van der Waals surface area contributed by atoms with Crippen molar-refractivity contribution < 1.29 is 9.18 Å². The predicted molar refractivity (Wildman–Crippen MR) is 99.2 cm³/mol. The average Bonchev–Trinajstić information content (AvgIpc) is 2.60. The van der Waals surface area contributed by atoms with Crippen LogP contribution in [0.2, 0.25) is 5.02 Å². The van der Waals surface area contributed by atoms with Gasteiger partial charge in [-0.25, -0.2) is 4.39 Å². The van der Waals surface area contributed by atoms with Gasteiger partial charge in [0.2, 0.25) is 5.91 Å². The van der Waals surface area contributed by atoms with Crippen LogP contribution >= 0.6 is 11.6 Å². The Morgan fingerprint density at radius 3 is 2.76 bits per heavy atom. The van der Waals surface area contributed by atoms with E-state index in [9.17, 15) is 9.18 Å². The number of nitrogens with zero attached hydrogens (tertiary/aromatic N) is 1. The number of piperidine rings is 1. The van der Waals surface area contributed by atoms with Crippen LogP contribution in [-0.4, -0.2) is 23.9 Å². The van der Waals surface area contributed by atoms with E-state index in [2.05, 4.69) is 10.2 Å². The summed E-state index contributed by atoms with van der Waals surface area (Å²) >= 11 is 5.97. The van der Waals surface area contributed by atoms with Crippen LogP contribution in [0.5, 0.6) is 0 Å². The smallest absolute Gasteiger partial charge is 0.228 e. The lowest BCUT2D eigenvalue weighted by Crippen LogP contribution is -2.40. The number of rotatable bonds is 4. The number of likely N-dealkylation sites (tertiary alicyclic amines) is 1. The van der Waals surface area contributed by atoms with Crippen LogP contribution in [-0.2, 0) is 11.3 Å². The summed E-state index contributed by atoms with van der Waals surface area (Å²) in [5.74, 6) is -0.212. The summed E-state index contributed by atoms with van der Waals surface area (Å²) in [7, 11) is 0. The maximum atomic E-state index is 13.0. The van der Waals surface area contributed by atoms with Gasteiger partial charge >= 0.3 is 0 Å². The summed E-state index contributed by atoms with van der Waals surface area (Å²) in [4.78, 5) is 14.9. The van der Waals surface area contributed by atoms with Crippen LogP contribution in [0.4, 0.5) is 10.1 Å². The van der Waals surface area contributed by atoms with Gasteiger partial charge in [-0.2, -0.15) is 0 Å². The highest BCUT2D eigenvalue weighted by molar-refractivity contribution is 6.30. The first-order valence-electron chi connectivity index (χ1n) is 8.55. The molecule has 0 bridgehead atoms. The SMILES string of the molecule is Cc1cc(Cl)ccc1NC(=O)[C@@H]1CCCN(Cc2ccc(F)cc2)C1. The topological polar surface area (TPSA) is 32.3 Å². The molecule has 25 heavy (non-hydrogen) atoms. The summed E-state index contributed by atoms with van der Waals surface area (Å²) < 4.78 is 13.0. The molecule has 1 heterocycles. The van der Waals surface area contributed by atoms with Gasteiger partial charge in [-0.05, 0) is 67.8 Å². The normalized spacial score (nSPS) is 18.1. The van der Waals surface area contributed by atoms with Crippen molar-refractivity contribution in [3.8, 4) is 0 Å². The Labute approximate surface area is 152 Å². The molecule has 0 aliphatic carbocycles. The van der Waals surface area contributed by atoms with Crippen LogP contribution < -0.4 is 5.32 Å². The number of hydrogen-bond donors (Lipinski definition) is 1. The largest absolute Gasteiger partial charge is 0.326 e. The average molecular weight is 361 g/mol. The van der Waals surface area contributed by atoms with E-state index < -0.39 is 0 Å². The molecule has 1 fully saturated rings. The zero-order valence-electron chi connectivity index (χ0n) is 14.3. The third-order valence-electron chi connectivity index (χ3n) is 4.64. The Balaban J connectivity index is 1.60. The molecule has 3 nitrogen and oxygen atoms in total. The molecule has 1 aliphatic rings. The predicted octanol–water partition coefficient (Wildman–Crippen LogP) is 4.64. The third-order valence-corrected chi connectivity index (χ3v) is 4.88. The first-order valence-corrected chi connectivity index (χ1v) is 8.93. The monoisotopic (exact) mass is 360 g/mol. The second-order valence-electron chi connectivity index (χ2n) is 6.65. The minimum Gasteiger partial charge on any atom is -0.326 e. The second kappa shape index (κ2) is 7.98. The number of carbonyl (C=O) groups excluding carboxylic acids is 1. The molecule has 2 aromatic rings. The van der Waals surface area contributed by atoms with Crippen molar-refractivity contribution in [1.29, 1.82) is 0 Å². The molecule has 0 radical (unpaired) electrons. The molecule has 0 aromatic heterocycles. The molecule has 1 saturated heterocycles.